The number of amides is 4. The van der Waals surface area contributed by atoms with Crippen molar-refractivity contribution in [1.29, 1.82) is 0 Å². The van der Waals surface area contributed by atoms with Crippen molar-refractivity contribution in [3.05, 3.63) is 65.2 Å². The molecule has 4 amide bonds. The van der Waals surface area contributed by atoms with Crippen LogP contribution < -0.4 is 10.6 Å². The van der Waals surface area contributed by atoms with Crippen LogP contribution in [0.5, 0.6) is 0 Å². The van der Waals surface area contributed by atoms with Gasteiger partial charge in [0.15, 0.2) is 0 Å². The third kappa shape index (κ3) is 4.46. The Labute approximate surface area is 162 Å². The second-order valence-corrected chi connectivity index (χ2v) is 7.13. The van der Waals surface area contributed by atoms with Gasteiger partial charge in [-0.05, 0) is 49.6 Å². The zero-order valence-electron chi connectivity index (χ0n) is 14.9. The van der Waals surface area contributed by atoms with Crippen molar-refractivity contribution in [2.24, 2.45) is 0 Å². The van der Waals surface area contributed by atoms with Crippen molar-refractivity contribution in [3.8, 4) is 0 Å². The summed E-state index contributed by atoms with van der Waals surface area (Å²) in [4.78, 5) is 38.1. The first-order valence-electron chi connectivity index (χ1n) is 8.61. The van der Waals surface area contributed by atoms with Crippen molar-refractivity contribution in [2.45, 2.75) is 25.3 Å². The van der Waals surface area contributed by atoms with Crippen LogP contribution in [0, 0.1) is 0 Å². The maximum atomic E-state index is 12.7. The number of hydrogen-bond donors (Lipinski definition) is 2. The van der Waals surface area contributed by atoms with Crippen LogP contribution in [0.2, 0.25) is 5.02 Å². The smallest absolute Gasteiger partial charge is 0.325 e. The fourth-order valence-electron chi connectivity index (χ4n) is 2.98. The summed E-state index contributed by atoms with van der Waals surface area (Å²) >= 11 is 5.81. The van der Waals surface area contributed by atoms with Crippen molar-refractivity contribution < 1.29 is 14.4 Å². The lowest BCUT2D eigenvalue weighted by Gasteiger charge is -2.21. The molecule has 2 N–H and O–H groups in total. The van der Waals surface area contributed by atoms with Gasteiger partial charge < -0.3 is 10.6 Å². The first kappa shape index (κ1) is 18.9. The molecule has 140 valence electrons. The van der Waals surface area contributed by atoms with E-state index in [9.17, 15) is 14.4 Å². The Morgan fingerprint density at radius 1 is 1.11 bits per heavy atom. The van der Waals surface area contributed by atoms with Crippen molar-refractivity contribution in [2.75, 3.05) is 11.9 Å². The second-order valence-electron chi connectivity index (χ2n) is 6.69. The van der Waals surface area contributed by atoms with Crippen LogP contribution in [0.3, 0.4) is 0 Å². The van der Waals surface area contributed by atoms with E-state index in [1.807, 2.05) is 30.3 Å². The first-order valence-corrected chi connectivity index (χ1v) is 8.99. The van der Waals surface area contributed by atoms with Crippen LogP contribution in [-0.4, -0.2) is 34.8 Å². The zero-order chi connectivity index (χ0) is 19.4. The molecule has 6 nitrogen and oxygen atoms in total. The lowest BCUT2D eigenvalue weighted by atomic mass is 9.93. The molecule has 0 unspecified atom stereocenters. The maximum absolute atomic E-state index is 12.7. The first-order chi connectivity index (χ1) is 12.9. The number of carbonyl (C=O) groups excluding carboxylic acids is 3. The average molecular weight is 386 g/mol. The Kier molecular flexibility index (Phi) is 5.46. The molecule has 1 atom stereocenters. The number of aryl methyl sites for hydroxylation is 1. The topological polar surface area (TPSA) is 78.5 Å². The van der Waals surface area contributed by atoms with Crippen molar-refractivity contribution >= 4 is 35.1 Å². The molecule has 0 radical (unpaired) electrons. The number of carbonyl (C=O) groups is 3. The Morgan fingerprint density at radius 2 is 1.78 bits per heavy atom. The lowest BCUT2D eigenvalue weighted by molar-refractivity contribution is -0.133. The van der Waals surface area contributed by atoms with Crippen LogP contribution in [0.25, 0.3) is 0 Å². The number of nitrogens with one attached hydrogen (secondary N) is 2. The van der Waals surface area contributed by atoms with E-state index in [4.69, 9.17) is 11.6 Å². The minimum atomic E-state index is -1.02. The molecule has 1 heterocycles. The minimum Gasteiger partial charge on any atom is -0.325 e. The minimum absolute atomic E-state index is 0.339. The summed E-state index contributed by atoms with van der Waals surface area (Å²) < 4.78 is 0. The molecule has 0 aliphatic carbocycles. The van der Waals surface area contributed by atoms with Gasteiger partial charge in [0.1, 0.15) is 12.1 Å². The number of hydrogen-bond acceptors (Lipinski definition) is 3. The van der Waals surface area contributed by atoms with Crippen molar-refractivity contribution in [1.82, 2.24) is 10.2 Å². The van der Waals surface area contributed by atoms with E-state index in [0.717, 1.165) is 10.5 Å². The standard InChI is InChI=1S/C20H20ClN3O3/c1-20(12-11-14-5-3-2-4-6-14)18(26)24(19(27)23-20)13-17(25)22-16-9-7-15(21)8-10-16/h2-10H,11-13H2,1H3,(H,22,25)(H,23,27)/t20-/m0/s1. The molecule has 2 aromatic rings. The SMILES string of the molecule is C[C@@]1(CCc2ccccc2)NC(=O)N(CC(=O)Nc2ccc(Cl)cc2)C1=O. The molecule has 1 aliphatic rings. The van der Waals surface area contributed by atoms with E-state index in [2.05, 4.69) is 10.6 Å². The fraction of sp³-hybridized carbons (Fsp3) is 0.250. The molecular weight excluding hydrogens is 366 g/mol. The van der Waals surface area contributed by atoms with Gasteiger partial charge in [-0.25, -0.2) is 4.79 Å². The number of benzene rings is 2. The van der Waals surface area contributed by atoms with Gasteiger partial charge in [-0.2, -0.15) is 0 Å². The van der Waals surface area contributed by atoms with Crippen LogP contribution in [0.4, 0.5) is 10.5 Å². The van der Waals surface area contributed by atoms with Crippen molar-refractivity contribution in [3.63, 3.8) is 0 Å². The quantitative estimate of drug-likeness (QED) is 0.749. The van der Waals surface area contributed by atoms with Gasteiger partial charge in [0, 0.05) is 10.7 Å². The third-order valence-electron chi connectivity index (χ3n) is 4.53. The van der Waals surface area contributed by atoms with E-state index in [0.29, 0.717) is 23.6 Å². The summed E-state index contributed by atoms with van der Waals surface area (Å²) in [6.45, 7) is 1.35. The summed E-state index contributed by atoms with van der Waals surface area (Å²) in [6, 6.07) is 15.8. The molecule has 1 saturated heterocycles. The number of anilines is 1. The van der Waals surface area contributed by atoms with E-state index in [-0.39, 0.29) is 6.54 Å². The highest BCUT2D eigenvalue weighted by Crippen LogP contribution is 2.23. The fourth-order valence-corrected chi connectivity index (χ4v) is 3.10. The highest BCUT2D eigenvalue weighted by Gasteiger charge is 2.47. The maximum Gasteiger partial charge on any atom is 0.325 e. The molecule has 1 aliphatic heterocycles. The Hall–Kier alpha value is -2.86. The normalized spacial score (nSPS) is 19.1. The number of nitrogens with zero attached hydrogens (tertiary/aromatic N) is 1. The van der Waals surface area contributed by atoms with Gasteiger partial charge in [-0.15, -0.1) is 0 Å². The van der Waals surface area contributed by atoms with Crippen LogP contribution in [-0.2, 0) is 16.0 Å². The molecule has 3 rings (SSSR count). The highest BCUT2D eigenvalue weighted by atomic mass is 35.5. The van der Waals surface area contributed by atoms with E-state index < -0.39 is 23.4 Å². The lowest BCUT2D eigenvalue weighted by Crippen LogP contribution is -2.45. The molecule has 1 fully saturated rings. The van der Waals surface area contributed by atoms with Gasteiger partial charge in [0.2, 0.25) is 5.91 Å². The van der Waals surface area contributed by atoms with Gasteiger partial charge in [-0.1, -0.05) is 41.9 Å². The zero-order valence-corrected chi connectivity index (χ0v) is 15.6. The van der Waals surface area contributed by atoms with Gasteiger partial charge >= 0.3 is 6.03 Å². The number of halogens is 1. The van der Waals surface area contributed by atoms with Gasteiger partial charge in [0.25, 0.3) is 5.91 Å². The Bertz CT molecular complexity index is 855. The van der Waals surface area contributed by atoms with Crippen LogP contribution in [0.15, 0.2) is 54.6 Å². The Morgan fingerprint density at radius 3 is 2.44 bits per heavy atom. The molecule has 0 aromatic heterocycles. The van der Waals surface area contributed by atoms with E-state index in [1.165, 1.54) is 0 Å². The Balaban J connectivity index is 1.61. The molecule has 0 spiro atoms. The van der Waals surface area contributed by atoms with Gasteiger partial charge in [0.05, 0.1) is 0 Å². The molecule has 2 aromatic carbocycles. The monoisotopic (exact) mass is 385 g/mol. The molecule has 0 bridgehead atoms. The highest BCUT2D eigenvalue weighted by molar-refractivity contribution is 6.30. The molecule has 0 saturated carbocycles. The predicted octanol–water partition coefficient (Wildman–Crippen LogP) is 3.22. The number of imide groups is 1. The largest absolute Gasteiger partial charge is 0.325 e. The molecular formula is C20H20ClN3O3. The molecule has 7 heteroatoms. The summed E-state index contributed by atoms with van der Waals surface area (Å²) in [5, 5.41) is 5.92. The summed E-state index contributed by atoms with van der Waals surface area (Å²) in [7, 11) is 0. The van der Waals surface area contributed by atoms with Gasteiger partial charge in [-0.3, -0.25) is 14.5 Å². The second kappa shape index (κ2) is 7.80. The van der Waals surface area contributed by atoms with E-state index in [1.54, 1.807) is 31.2 Å². The summed E-state index contributed by atoms with van der Waals surface area (Å²) in [6.07, 6.45) is 1.10. The summed E-state index contributed by atoms with van der Waals surface area (Å²) in [5.41, 5.74) is 0.607. The van der Waals surface area contributed by atoms with E-state index >= 15 is 0 Å². The van der Waals surface area contributed by atoms with Crippen LogP contribution in [0.1, 0.15) is 18.9 Å². The average Bonchev–Trinajstić information content (AvgIpc) is 2.86. The molecule has 27 heavy (non-hydrogen) atoms. The predicted molar refractivity (Wildman–Crippen MR) is 103 cm³/mol. The third-order valence-corrected chi connectivity index (χ3v) is 4.78. The number of urea groups is 1. The summed E-state index contributed by atoms with van der Waals surface area (Å²) in [5.74, 6) is -0.845. The van der Waals surface area contributed by atoms with Crippen LogP contribution >= 0.6 is 11.6 Å². The number of rotatable bonds is 6.